The van der Waals surface area contributed by atoms with E-state index in [1.807, 2.05) is 57.3 Å². The largest absolute Gasteiger partial charge is 0.496 e. The highest BCUT2D eigenvalue weighted by Crippen LogP contribution is 2.38. The molecule has 6 rings (SSSR count). The van der Waals surface area contributed by atoms with E-state index in [0.717, 1.165) is 22.2 Å². The van der Waals surface area contributed by atoms with Crippen molar-refractivity contribution >= 4 is 22.7 Å². The molecule has 18 heteroatoms. The molecule has 12 atom stereocenters. The van der Waals surface area contributed by atoms with E-state index >= 15 is 0 Å². The van der Waals surface area contributed by atoms with E-state index in [2.05, 4.69) is 20.2 Å². The van der Waals surface area contributed by atoms with E-state index in [1.165, 1.54) is 6.08 Å². The van der Waals surface area contributed by atoms with Crippen LogP contribution in [0.25, 0.3) is 16.6 Å². The Hall–Kier alpha value is -5.31. The van der Waals surface area contributed by atoms with E-state index in [4.69, 9.17) is 28.4 Å². The number of hydrogen-bond acceptors (Lipinski definition) is 17. The fraction of sp³-hybridized carbons (Fsp3) is 0.566. The summed E-state index contributed by atoms with van der Waals surface area (Å²) in [5.74, 6) is -1.61. The zero-order chi connectivity index (χ0) is 51.5. The molecule has 1 fully saturated rings. The van der Waals surface area contributed by atoms with E-state index in [1.54, 1.807) is 89.3 Å². The molecular formula is C53H74N6O12. The number of allylic oxidation sites excluding steroid dienone is 3. The van der Waals surface area contributed by atoms with Gasteiger partial charge >= 0.3 is 5.97 Å². The van der Waals surface area contributed by atoms with E-state index < -0.39 is 85.0 Å². The molecule has 1 saturated heterocycles. The monoisotopic (exact) mass is 987 g/mol. The Bertz CT molecular complexity index is 2420. The quantitative estimate of drug-likeness (QED) is 0.108. The van der Waals surface area contributed by atoms with Crippen molar-refractivity contribution in [3.05, 3.63) is 89.9 Å². The second-order valence-corrected chi connectivity index (χ2v) is 19.3. The van der Waals surface area contributed by atoms with Crippen LogP contribution >= 0.6 is 0 Å². The lowest BCUT2D eigenvalue weighted by Crippen LogP contribution is -2.63. The van der Waals surface area contributed by atoms with Crippen LogP contribution in [0, 0.1) is 23.7 Å². The van der Waals surface area contributed by atoms with Gasteiger partial charge in [0.15, 0.2) is 12.1 Å². The first-order valence-electron chi connectivity index (χ1n) is 24.5. The highest BCUT2D eigenvalue weighted by Gasteiger charge is 2.47. The fourth-order valence-corrected chi connectivity index (χ4v) is 9.79. The molecule has 4 heterocycles. The number of aromatic nitrogens is 4. The zero-order valence-corrected chi connectivity index (χ0v) is 42.8. The molecule has 0 amide bonds. The summed E-state index contributed by atoms with van der Waals surface area (Å²) in [6, 6.07) is 12.6. The number of likely N-dealkylation sites (N-methyl/N-ethyl adjacent to an activating group) is 1. The van der Waals surface area contributed by atoms with Gasteiger partial charge < -0.3 is 53.7 Å². The van der Waals surface area contributed by atoms with E-state index in [-0.39, 0.29) is 18.8 Å². The van der Waals surface area contributed by atoms with Gasteiger partial charge in [-0.15, -0.1) is 5.10 Å². The summed E-state index contributed by atoms with van der Waals surface area (Å²) in [5.41, 5.74) is 3.68. The van der Waals surface area contributed by atoms with E-state index in [0.29, 0.717) is 61.0 Å². The van der Waals surface area contributed by atoms with Crippen molar-refractivity contribution in [1.29, 1.82) is 0 Å². The van der Waals surface area contributed by atoms with Crippen LogP contribution in [-0.2, 0) is 36.9 Å². The molecular weight excluding hydrogens is 913 g/mol. The number of para-hydroxylation sites is 1. The van der Waals surface area contributed by atoms with Crippen molar-refractivity contribution in [2.24, 2.45) is 23.7 Å². The summed E-state index contributed by atoms with van der Waals surface area (Å²) in [6.45, 7) is 9.64. The summed E-state index contributed by atoms with van der Waals surface area (Å²) in [6.07, 6.45) is 1.94. The van der Waals surface area contributed by atoms with Gasteiger partial charge in [-0.3, -0.25) is 19.5 Å². The van der Waals surface area contributed by atoms with Crippen molar-refractivity contribution in [1.82, 2.24) is 29.8 Å². The number of pyridine rings is 1. The molecule has 0 radical (unpaired) electrons. The second kappa shape index (κ2) is 25.4. The number of cyclic esters (lactones) is 1. The van der Waals surface area contributed by atoms with Crippen LogP contribution in [0.1, 0.15) is 71.6 Å². The summed E-state index contributed by atoms with van der Waals surface area (Å²) in [5, 5.41) is 55.4. The van der Waals surface area contributed by atoms with Crippen molar-refractivity contribution in [3.8, 4) is 22.9 Å². The number of nitrogens with zero attached hydrogens (tertiary/aromatic N) is 6. The molecule has 388 valence electrons. The van der Waals surface area contributed by atoms with Gasteiger partial charge in [-0.05, 0) is 77.9 Å². The van der Waals surface area contributed by atoms with Gasteiger partial charge in [-0.2, -0.15) is 0 Å². The summed E-state index contributed by atoms with van der Waals surface area (Å²) < 4.78 is 38.1. The second-order valence-electron chi connectivity index (χ2n) is 19.3. The number of carbonyl (C=O) groups is 2. The average Bonchev–Trinajstić information content (AvgIpc) is 3.83. The number of hydrogen-bond donors (Lipinski definition) is 4. The Morgan fingerprint density at radius 1 is 0.930 bits per heavy atom. The van der Waals surface area contributed by atoms with Crippen LogP contribution in [0.5, 0.6) is 17.2 Å². The Morgan fingerprint density at radius 3 is 2.31 bits per heavy atom. The third-order valence-electron chi connectivity index (χ3n) is 13.9. The number of fused-ring (bicyclic) bond motifs is 1. The zero-order valence-electron chi connectivity index (χ0n) is 42.8. The van der Waals surface area contributed by atoms with Gasteiger partial charge in [0.25, 0.3) is 0 Å². The molecule has 71 heavy (non-hydrogen) atoms. The fourth-order valence-electron chi connectivity index (χ4n) is 9.79. The van der Waals surface area contributed by atoms with Crippen LogP contribution in [0.3, 0.4) is 0 Å². The molecule has 2 aliphatic heterocycles. The number of rotatable bonds is 16. The van der Waals surface area contributed by atoms with Crippen LogP contribution in [0.15, 0.2) is 78.7 Å². The molecule has 0 saturated carbocycles. The Labute approximate surface area is 417 Å². The maximum absolute atomic E-state index is 14.1. The highest BCUT2D eigenvalue weighted by atomic mass is 16.7. The molecule has 2 aliphatic rings. The first-order valence-corrected chi connectivity index (χ1v) is 24.5. The lowest BCUT2D eigenvalue weighted by Gasteiger charge is -2.46. The minimum atomic E-state index is -1.32. The molecule has 2 aromatic heterocycles. The van der Waals surface area contributed by atoms with Crippen LogP contribution in [-0.4, -0.2) is 159 Å². The highest BCUT2D eigenvalue weighted by molar-refractivity contribution is 5.91. The van der Waals surface area contributed by atoms with Crippen molar-refractivity contribution in [2.75, 3.05) is 48.6 Å². The number of carbonyl (C=O) groups excluding carboxylic acids is 2. The van der Waals surface area contributed by atoms with Crippen LogP contribution in [0.4, 0.5) is 0 Å². The predicted molar refractivity (Wildman–Crippen MR) is 266 cm³/mol. The van der Waals surface area contributed by atoms with Crippen molar-refractivity contribution in [3.63, 3.8) is 0 Å². The van der Waals surface area contributed by atoms with Crippen LogP contribution < -0.4 is 14.2 Å². The number of methoxy groups -OCH3 is 3. The van der Waals surface area contributed by atoms with Crippen molar-refractivity contribution < 1.29 is 58.4 Å². The smallest absolute Gasteiger partial charge is 0.308 e. The molecule has 2 aromatic carbocycles. The normalized spacial score (nSPS) is 29.4. The number of benzene rings is 2. The van der Waals surface area contributed by atoms with Crippen LogP contribution in [0.2, 0.25) is 0 Å². The minimum Gasteiger partial charge on any atom is -0.496 e. The number of ether oxygens (including phenoxy) is 6. The molecule has 4 N–H and O–H groups in total. The standard InChI is InChI=1S/C53H74N6O12/c1-11-45-37(30-60)20-31(2)16-17-43(61)32(3)21-36(52(33(4)44(62)25-48(63)70-45)71-53-51(65)49(57(6)7)50(64)34(5)69-53)18-19-58(29-41-46(67-9)23-40(66-8)24-47(41)68-10)27-38-28-59(56-55-38)39-22-35-14-12-13-15-42(35)54-26-39/h12-17,20,22-24,26,28,32-34,36-37,44-45,49-53,60,62,64-65H,11,18-19,21,25,27,29-30H2,1-10H3/b17-16+,31-20+/t32-,33+,34-,36+,37-,44-,45-,49+,50-,51-,52-,53+/m1/s1. The third kappa shape index (κ3) is 13.8. The molecule has 0 spiro atoms. The topological polar surface area (TPSA) is 221 Å². The minimum absolute atomic E-state index is 0.150. The third-order valence-corrected chi connectivity index (χ3v) is 13.9. The number of esters is 1. The first kappa shape index (κ1) is 55.0. The Morgan fingerprint density at radius 2 is 1.65 bits per heavy atom. The molecule has 0 unspecified atom stereocenters. The maximum atomic E-state index is 14.1. The molecule has 18 nitrogen and oxygen atoms in total. The van der Waals surface area contributed by atoms with Gasteiger partial charge in [-0.1, -0.05) is 61.9 Å². The van der Waals surface area contributed by atoms with Gasteiger partial charge in [0.2, 0.25) is 0 Å². The average molecular weight is 987 g/mol. The van der Waals surface area contributed by atoms with Crippen molar-refractivity contribution in [2.45, 2.75) is 122 Å². The van der Waals surface area contributed by atoms with Gasteiger partial charge in [0.1, 0.15) is 29.5 Å². The number of aliphatic hydroxyl groups excluding tert-OH is 4. The Kier molecular flexibility index (Phi) is 19.7. The summed E-state index contributed by atoms with van der Waals surface area (Å²) >= 11 is 0. The van der Waals surface area contributed by atoms with Gasteiger partial charge in [-0.25, -0.2) is 4.68 Å². The number of ketones is 1. The lowest BCUT2D eigenvalue weighted by atomic mass is 9.79. The maximum Gasteiger partial charge on any atom is 0.308 e. The first-order chi connectivity index (χ1) is 34.0. The van der Waals surface area contributed by atoms with Gasteiger partial charge in [0.05, 0.1) is 99.7 Å². The number of aliphatic hydroxyl groups is 4. The van der Waals surface area contributed by atoms with E-state index in [9.17, 15) is 30.0 Å². The molecule has 0 bridgehead atoms. The summed E-state index contributed by atoms with van der Waals surface area (Å²) in [4.78, 5) is 36.3. The summed E-state index contributed by atoms with van der Waals surface area (Å²) in [7, 11) is 8.22. The predicted octanol–water partition coefficient (Wildman–Crippen LogP) is 5.06. The van der Waals surface area contributed by atoms with Gasteiger partial charge in [0, 0.05) is 48.4 Å². The SMILES string of the molecule is CC[C@H]1OC(=O)C[C@@H](O)[C@H](C)[C@@H](O[C@@H]2O[C@H](C)[C@@H](O)[C@H](N(C)C)[C@H]2O)[C@@H](CCN(Cc2cn(-c3cnc4ccccc4c3)nn2)Cc2c(OC)cc(OC)cc2OC)C[C@@H](C)C(=O)/C=C/C(C)=C/[C@@H]1CO. The Balaban J connectivity index is 1.42. The molecule has 0 aliphatic carbocycles. The molecule has 4 aromatic rings. The lowest BCUT2D eigenvalue weighted by molar-refractivity contribution is -0.304.